The van der Waals surface area contributed by atoms with Crippen LogP contribution in [0.15, 0.2) is 51.7 Å². The van der Waals surface area contributed by atoms with Gasteiger partial charge in [-0.3, -0.25) is 4.79 Å². The van der Waals surface area contributed by atoms with Gasteiger partial charge in [0.2, 0.25) is 5.78 Å². The van der Waals surface area contributed by atoms with Crippen molar-refractivity contribution in [2.45, 2.75) is 0 Å². The first-order valence-electron chi connectivity index (χ1n) is 5.00. The Morgan fingerprint density at radius 3 is 2.82 bits per heavy atom. The zero-order valence-electron chi connectivity index (χ0n) is 8.64. The van der Waals surface area contributed by atoms with Gasteiger partial charge in [0.25, 0.3) is 0 Å². The smallest absolute Gasteiger partial charge is 0.231 e. The van der Waals surface area contributed by atoms with E-state index in [-0.39, 0.29) is 17.1 Å². The largest absolute Gasteiger partial charge is 0.472 e. The van der Waals surface area contributed by atoms with E-state index < -0.39 is 5.82 Å². The van der Waals surface area contributed by atoms with E-state index in [0.717, 1.165) is 0 Å². The van der Waals surface area contributed by atoms with E-state index in [9.17, 15) is 9.18 Å². The molecule has 0 fully saturated rings. The molecular weight excluding hydrogens is 223 g/mol. The molecule has 3 aromatic rings. The van der Waals surface area contributed by atoms with E-state index in [2.05, 4.69) is 0 Å². The Bertz CT molecular complexity index is 680. The summed E-state index contributed by atoms with van der Waals surface area (Å²) >= 11 is 0. The normalized spacial score (nSPS) is 10.9. The number of fused-ring (bicyclic) bond motifs is 1. The average molecular weight is 230 g/mol. The lowest BCUT2D eigenvalue weighted by atomic mass is 10.1. The number of hydrogen-bond donors (Lipinski definition) is 0. The molecule has 0 bridgehead atoms. The van der Waals surface area contributed by atoms with E-state index in [1.807, 2.05) is 0 Å². The second-order valence-corrected chi connectivity index (χ2v) is 3.61. The summed E-state index contributed by atoms with van der Waals surface area (Å²) in [5, 5.41) is 0.567. The number of hydrogen-bond acceptors (Lipinski definition) is 3. The number of benzene rings is 1. The van der Waals surface area contributed by atoms with Crippen molar-refractivity contribution in [3.63, 3.8) is 0 Å². The van der Waals surface area contributed by atoms with Gasteiger partial charge < -0.3 is 8.83 Å². The van der Waals surface area contributed by atoms with Gasteiger partial charge >= 0.3 is 0 Å². The molecule has 0 aliphatic rings. The van der Waals surface area contributed by atoms with Gasteiger partial charge in [0, 0.05) is 5.39 Å². The summed E-state index contributed by atoms with van der Waals surface area (Å²) < 4.78 is 23.4. The monoisotopic (exact) mass is 230 g/mol. The first-order valence-corrected chi connectivity index (χ1v) is 5.00. The number of rotatable bonds is 2. The fraction of sp³-hybridized carbons (Fsp3) is 0. The van der Waals surface area contributed by atoms with Crippen LogP contribution in [-0.4, -0.2) is 5.78 Å². The Kier molecular flexibility index (Phi) is 2.08. The fourth-order valence-corrected chi connectivity index (χ4v) is 1.68. The summed E-state index contributed by atoms with van der Waals surface area (Å²) in [5.41, 5.74) is 0.476. The highest BCUT2D eigenvalue weighted by Gasteiger charge is 2.16. The molecular formula is C13H7FO3. The zero-order chi connectivity index (χ0) is 11.8. The molecule has 3 nitrogen and oxygen atoms in total. The van der Waals surface area contributed by atoms with E-state index in [4.69, 9.17) is 8.83 Å². The third-order valence-corrected chi connectivity index (χ3v) is 2.50. The van der Waals surface area contributed by atoms with Gasteiger partial charge in [-0.15, -0.1) is 0 Å². The molecule has 0 N–H and O–H groups in total. The third-order valence-electron chi connectivity index (χ3n) is 2.50. The first-order chi connectivity index (χ1) is 8.25. The Labute approximate surface area is 95.5 Å². The molecule has 0 atom stereocenters. The Hall–Kier alpha value is -2.36. The molecule has 0 aliphatic heterocycles. The van der Waals surface area contributed by atoms with Crippen molar-refractivity contribution < 1.29 is 18.0 Å². The van der Waals surface area contributed by atoms with Crippen LogP contribution in [0.5, 0.6) is 0 Å². The molecule has 0 aliphatic carbocycles. The van der Waals surface area contributed by atoms with Gasteiger partial charge in [-0.05, 0) is 18.2 Å². The highest BCUT2D eigenvalue weighted by atomic mass is 19.1. The fourth-order valence-electron chi connectivity index (χ4n) is 1.68. The van der Waals surface area contributed by atoms with Gasteiger partial charge in [-0.1, -0.05) is 12.1 Å². The molecule has 0 radical (unpaired) electrons. The molecule has 0 saturated carbocycles. The second kappa shape index (κ2) is 3.59. The van der Waals surface area contributed by atoms with Gasteiger partial charge in [0.05, 0.1) is 11.8 Å². The topological polar surface area (TPSA) is 43.4 Å². The van der Waals surface area contributed by atoms with Crippen LogP contribution >= 0.6 is 0 Å². The van der Waals surface area contributed by atoms with Crippen LogP contribution < -0.4 is 0 Å². The van der Waals surface area contributed by atoms with Crippen LogP contribution in [-0.2, 0) is 0 Å². The quantitative estimate of drug-likeness (QED) is 0.633. The number of halogens is 1. The van der Waals surface area contributed by atoms with Crippen molar-refractivity contribution in [2.24, 2.45) is 0 Å². The van der Waals surface area contributed by atoms with E-state index >= 15 is 0 Å². The van der Waals surface area contributed by atoms with Gasteiger partial charge in [0.15, 0.2) is 17.2 Å². The van der Waals surface area contributed by atoms with E-state index in [1.54, 1.807) is 12.1 Å². The highest BCUT2D eigenvalue weighted by molar-refractivity contribution is 6.08. The Balaban J connectivity index is 2.13. The summed E-state index contributed by atoms with van der Waals surface area (Å²) in [6.45, 7) is 0. The second-order valence-electron chi connectivity index (χ2n) is 3.61. The minimum atomic E-state index is -0.478. The molecule has 84 valence electrons. The summed E-state index contributed by atoms with van der Waals surface area (Å²) in [6, 6.07) is 7.60. The zero-order valence-corrected chi connectivity index (χ0v) is 8.64. The first kappa shape index (κ1) is 9.84. The Morgan fingerprint density at radius 2 is 2.12 bits per heavy atom. The molecule has 2 aromatic heterocycles. The van der Waals surface area contributed by atoms with Crippen molar-refractivity contribution in [1.82, 2.24) is 0 Å². The number of ketones is 1. The van der Waals surface area contributed by atoms with Crippen LogP contribution in [0.25, 0.3) is 11.0 Å². The van der Waals surface area contributed by atoms with Gasteiger partial charge in [-0.2, -0.15) is 0 Å². The maximum atomic E-state index is 13.4. The lowest BCUT2D eigenvalue weighted by Gasteiger charge is -1.90. The summed E-state index contributed by atoms with van der Waals surface area (Å²) in [4.78, 5) is 11.9. The molecule has 1 aromatic carbocycles. The molecule has 3 rings (SSSR count). The van der Waals surface area contributed by atoms with Crippen molar-refractivity contribution in [3.05, 3.63) is 60.0 Å². The molecule has 0 amide bonds. The van der Waals surface area contributed by atoms with Crippen LogP contribution in [0.2, 0.25) is 0 Å². The molecule has 0 spiro atoms. The van der Waals surface area contributed by atoms with E-state index in [1.165, 1.54) is 30.7 Å². The maximum Gasteiger partial charge on any atom is 0.231 e. The minimum Gasteiger partial charge on any atom is -0.472 e. The summed E-state index contributed by atoms with van der Waals surface area (Å²) in [5.74, 6) is -0.699. The van der Waals surface area contributed by atoms with Gasteiger partial charge in [0.1, 0.15) is 6.26 Å². The molecule has 17 heavy (non-hydrogen) atoms. The molecule has 0 unspecified atom stereocenters. The minimum absolute atomic E-state index is 0.0966. The highest BCUT2D eigenvalue weighted by Crippen LogP contribution is 2.23. The summed E-state index contributed by atoms with van der Waals surface area (Å²) in [7, 11) is 0. The van der Waals surface area contributed by atoms with Crippen LogP contribution in [0.4, 0.5) is 4.39 Å². The number of furan rings is 2. The average Bonchev–Trinajstić information content (AvgIpc) is 2.98. The predicted octanol–water partition coefficient (Wildman–Crippen LogP) is 3.40. The number of carbonyl (C=O) groups is 1. The number of para-hydroxylation sites is 1. The van der Waals surface area contributed by atoms with Crippen molar-refractivity contribution in [3.8, 4) is 0 Å². The SMILES string of the molecule is O=C(c1ccoc1)c1cc2cccc(F)c2o1. The number of carbonyl (C=O) groups excluding carboxylic acids is 1. The van der Waals surface area contributed by atoms with E-state index in [0.29, 0.717) is 10.9 Å². The van der Waals surface area contributed by atoms with Crippen LogP contribution in [0.1, 0.15) is 16.1 Å². The van der Waals surface area contributed by atoms with Crippen LogP contribution in [0, 0.1) is 5.82 Å². The summed E-state index contributed by atoms with van der Waals surface area (Å²) in [6.07, 6.45) is 2.72. The van der Waals surface area contributed by atoms with Crippen molar-refractivity contribution in [1.29, 1.82) is 0 Å². The maximum absolute atomic E-state index is 13.4. The molecule has 4 heteroatoms. The van der Waals surface area contributed by atoms with Crippen LogP contribution in [0.3, 0.4) is 0 Å². The lowest BCUT2D eigenvalue weighted by Crippen LogP contribution is -1.96. The van der Waals surface area contributed by atoms with Crippen molar-refractivity contribution >= 4 is 16.8 Å². The molecule has 2 heterocycles. The Morgan fingerprint density at radius 1 is 1.24 bits per heavy atom. The molecule has 0 saturated heterocycles. The van der Waals surface area contributed by atoms with Gasteiger partial charge in [-0.25, -0.2) is 4.39 Å². The van der Waals surface area contributed by atoms with Crippen molar-refractivity contribution in [2.75, 3.05) is 0 Å². The lowest BCUT2D eigenvalue weighted by molar-refractivity contribution is 0.101. The third kappa shape index (κ3) is 1.54. The predicted molar refractivity (Wildman–Crippen MR) is 58.3 cm³/mol. The standard InChI is InChI=1S/C13H7FO3/c14-10-3-1-2-8-6-11(17-13(8)10)12(15)9-4-5-16-7-9/h1-7H.